The maximum atomic E-state index is 8.55. The molecule has 1 fully saturated rings. The highest BCUT2D eigenvalue weighted by Crippen LogP contribution is 2.45. The highest BCUT2D eigenvalue weighted by Gasteiger charge is 2.57. The highest BCUT2D eigenvalue weighted by atomic mass is 16.6. The van der Waals surface area contributed by atoms with Crippen LogP contribution < -0.4 is 0 Å². The summed E-state index contributed by atoms with van der Waals surface area (Å²) in [5.41, 5.74) is -0.102. The average Bonchev–Trinajstić information content (AvgIpc) is 2.62. The van der Waals surface area contributed by atoms with Crippen molar-refractivity contribution in [2.24, 2.45) is 5.92 Å². The van der Waals surface area contributed by atoms with Crippen LogP contribution in [0, 0.1) is 17.2 Å². The van der Waals surface area contributed by atoms with Crippen LogP contribution in [0.4, 0.5) is 0 Å². The molecule has 0 saturated carbocycles. The second-order valence-electron chi connectivity index (χ2n) is 3.09. The van der Waals surface area contributed by atoms with Gasteiger partial charge in [-0.1, -0.05) is 20.8 Å². The minimum atomic E-state index is -0.141. The van der Waals surface area contributed by atoms with Crippen molar-refractivity contribution in [3.05, 3.63) is 0 Å². The lowest BCUT2D eigenvalue weighted by Gasteiger charge is -2.11. The molecular weight excluding hydrogens is 126 g/mol. The van der Waals surface area contributed by atoms with Crippen LogP contribution in [0.25, 0.3) is 0 Å². The number of hydrogen-bond donors (Lipinski definition) is 0. The van der Waals surface area contributed by atoms with E-state index >= 15 is 0 Å². The molecule has 0 aromatic carbocycles. The lowest BCUT2D eigenvalue weighted by molar-refractivity contribution is 0.231. The molecule has 2 heteroatoms. The molecule has 1 saturated heterocycles. The van der Waals surface area contributed by atoms with Crippen molar-refractivity contribution in [2.75, 3.05) is 0 Å². The SMILES string of the molecule is CCC1(C(C)C)OC1C#N. The van der Waals surface area contributed by atoms with Gasteiger partial charge in [0.1, 0.15) is 5.60 Å². The van der Waals surface area contributed by atoms with Crippen LogP contribution in [-0.2, 0) is 4.74 Å². The van der Waals surface area contributed by atoms with Crippen molar-refractivity contribution in [3.63, 3.8) is 0 Å². The van der Waals surface area contributed by atoms with Crippen molar-refractivity contribution in [1.29, 1.82) is 5.26 Å². The quantitative estimate of drug-likeness (QED) is 0.546. The molecule has 0 spiro atoms. The van der Waals surface area contributed by atoms with E-state index in [1.165, 1.54) is 0 Å². The Morgan fingerprint density at radius 1 is 1.70 bits per heavy atom. The van der Waals surface area contributed by atoms with Gasteiger partial charge in [-0.05, 0) is 12.3 Å². The lowest BCUT2D eigenvalue weighted by atomic mass is 9.90. The molecule has 56 valence electrons. The molecule has 0 amide bonds. The second kappa shape index (κ2) is 2.25. The van der Waals surface area contributed by atoms with Gasteiger partial charge in [-0.15, -0.1) is 0 Å². The Labute approximate surface area is 61.8 Å². The van der Waals surface area contributed by atoms with Gasteiger partial charge in [0.2, 0.25) is 0 Å². The second-order valence-corrected chi connectivity index (χ2v) is 3.09. The fraction of sp³-hybridized carbons (Fsp3) is 0.875. The van der Waals surface area contributed by atoms with Crippen molar-refractivity contribution in [1.82, 2.24) is 0 Å². The monoisotopic (exact) mass is 139 g/mol. The van der Waals surface area contributed by atoms with E-state index in [1.54, 1.807) is 0 Å². The summed E-state index contributed by atoms with van der Waals surface area (Å²) in [6.07, 6.45) is 0.806. The van der Waals surface area contributed by atoms with Gasteiger partial charge in [-0.3, -0.25) is 0 Å². The highest BCUT2D eigenvalue weighted by molar-refractivity contribution is 5.14. The van der Waals surface area contributed by atoms with Gasteiger partial charge < -0.3 is 4.74 Å². The molecule has 0 radical (unpaired) electrons. The first-order chi connectivity index (χ1) is 4.67. The van der Waals surface area contributed by atoms with Crippen LogP contribution in [0.5, 0.6) is 0 Å². The topological polar surface area (TPSA) is 36.3 Å². The van der Waals surface area contributed by atoms with E-state index < -0.39 is 0 Å². The molecule has 1 heterocycles. The summed E-state index contributed by atoms with van der Waals surface area (Å²) in [5, 5.41) is 8.55. The Kier molecular flexibility index (Phi) is 1.70. The molecule has 2 atom stereocenters. The Bertz CT molecular complexity index is 171. The molecule has 0 aromatic rings. The van der Waals surface area contributed by atoms with Crippen LogP contribution in [0.3, 0.4) is 0 Å². The molecule has 2 nitrogen and oxygen atoms in total. The van der Waals surface area contributed by atoms with Crippen molar-refractivity contribution >= 4 is 0 Å². The molecule has 1 rings (SSSR count). The lowest BCUT2D eigenvalue weighted by Crippen LogP contribution is -2.20. The molecule has 0 bridgehead atoms. The van der Waals surface area contributed by atoms with E-state index in [1.807, 2.05) is 0 Å². The van der Waals surface area contributed by atoms with E-state index in [2.05, 4.69) is 26.8 Å². The van der Waals surface area contributed by atoms with E-state index in [9.17, 15) is 0 Å². The maximum Gasteiger partial charge on any atom is 0.173 e. The van der Waals surface area contributed by atoms with Gasteiger partial charge in [0.15, 0.2) is 6.10 Å². The first-order valence-corrected chi connectivity index (χ1v) is 3.74. The van der Waals surface area contributed by atoms with E-state index in [-0.39, 0.29) is 11.7 Å². The van der Waals surface area contributed by atoms with Crippen molar-refractivity contribution in [3.8, 4) is 6.07 Å². The number of ether oxygens (including phenoxy) is 1. The normalized spacial score (nSPS) is 37.7. The average molecular weight is 139 g/mol. The van der Waals surface area contributed by atoms with Crippen molar-refractivity contribution in [2.45, 2.75) is 38.9 Å². The van der Waals surface area contributed by atoms with E-state index in [0.717, 1.165) is 6.42 Å². The standard InChI is InChI=1S/C8H13NO/c1-4-8(6(2)3)7(5-9)10-8/h6-7H,4H2,1-3H3. The molecule has 1 aliphatic heterocycles. The Hall–Kier alpha value is -0.550. The maximum absolute atomic E-state index is 8.55. The molecule has 0 aliphatic carbocycles. The van der Waals surface area contributed by atoms with Gasteiger partial charge >= 0.3 is 0 Å². The summed E-state index contributed by atoms with van der Waals surface area (Å²) in [6.45, 7) is 6.26. The van der Waals surface area contributed by atoms with Crippen LogP contribution in [0.15, 0.2) is 0 Å². The van der Waals surface area contributed by atoms with Crippen LogP contribution in [0.2, 0.25) is 0 Å². The molecule has 2 unspecified atom stereocenters. The van der Waals surface area contributed by atoms with Gasteiger partial charge in [0.05, 0.1) is 6.07 Å². The molecule has 0 N–H and O–H groups in total. The van der Waals surface area contributed by atoms with Gasteiger partial charge in [-0.2, -0.15) is 5.26 Å². The number of nitriles is 1. The molecule has 1 aliphatic rings. The zero-order valence-corrected chi connectivity index (χ0v) is 6.72. The summed E-state index contributed by atoms with van der Waals surface area (Å²) in [4.78, 5) is 0. The minimum absolute atomic E-state index is 0.102. The predicted molar refractivity (Wildman–Crippen MR) is 38.3 cm³/mol. The molecule has 10 heavy (non-hydrogen) atoms. The molecule has 0 aromatic heterocycles. The number of rotatable bonds is 2. The van der Waals surface area contributed by atoms with E-state index in [4.69, 9.17) is 10.00 Å². The van der Waals surface area contributed by atoms with Crippen molar-refractivity contribution < 1.29 is 4.74 Å². The Balaban J connectivity index is 2.61. The molecular formula is C8H13NO. The largest absolute Gasteiger partial charge is 0.350 e. The fourth-order valence-electron chi connectivity index (χ4n) is 1.44. The van der Waals surface area contributed by atoms with Gasteiger partial charge in [0, 0.05) is 0 Å². The van der Waals surface area contributed by atoms with Crippen LogP contribution in [-0.4, -0.2) is 11.7 Å². The fourth-order valence-corrected chi connectivity index (χ4v) is 1.44. The minimum Gasteiger partial charge on any atom is -0.350 e. The van der Waals surface area contributed by atoms with Crippen LogP contribution in [0.1, 0.15) is 27.2 Å². The summed E-state index contributed by atoms with van der Waals surface area (Å²) in [7, 11) is 0. The predicted octanol–water partition coefficient (Wildman–Crippen LogP) is 1.71. The first kappa shape index (κ1) is 7.56. The summed E-state index contributed by atoms with van der Waals surface area (Å²) in [6, 6.07) is 2.14. The number of hydrogen-bond acceptors (Lipinski definition) is 2. The number of nitrogens with zero attached hydrogens (tertiary/aromatic N) is 1. The zero-order valence-electron chi connectivity index (χ0n) is 6.72. The third-order valence-electron chi connectivity index (χ3n) is 2.37. The zero-order chi connectivity index (χ0) is 7.78. The third kappa shape index (κ3) is 0.819. The summed E-state index contributed by atoms with van der Waals surface area (Å²) in [5.74, 6) is 0.460. The summed E-state index contributed by atoms with van der Waals surface area (Å²) >= 11 is 0. The van der Waals surface area contributed by atoms with Gasteiger partial charge in [0.25, 0.3) is 0 Å². The third-order valence-corrected chi connectivity index (χ3v) is 2.37. The van der Waals surface area contributed by atoms with E-state index in [0.29, 0.717) is 5.92 Å². The Morgan fingerprint density at radius 2 is 2.30 bits per heavy atom. The van der Waals surface area contributed by atoms with Crippen LogP contribution >= 0.6 is 0 Å². The van der Waals surface area contributed by atoms with Gasteiger partial charge in [-0.25, -0.2) is 0 Å². The first-order valence-electron chi connectivity index (χ1n) is 3.74. The number of epoxide rings is 1. The Morgan fingerprint density at radius 3 is 2.40 bits per heavy atom. The smallest absolute Gasteiger partial charge is 0.173 e. The summed E-state index contributed by atoms with van der Waals surface area (Å²) < 4.78 is 5.30.